The maximum atomic E-state index is 5.92. The molecule has 1 heterocycles. The maximum Gasteiger partial charge on any atom is 0.131 e. The summed E-state index contributed by atoms with van der Waals surface area (Å²) in [5, 5.41) is 3.38. The van der Waals surface area contributed by atoms with Crippen LogP contribution in [0.3, 0.4) is 0 Å². The van der Waals surface area contributed by atoms with E-state index in [2.05, 4.69) is 36.3 Å². The SMILES string of the molecule is CC(C)CNc1nccc(-c2ccccc2)c1CN. The maximum absolute atomic E-state index is 5.92. The summed E-state index contributed by atoms with van der Waals surface area (Å²) in [5.41, 5.74) is 9.33. The summed E-state index contributed by atoms with van der Waals surface area (Å²) >= 11 is 0. The monoisotopic (exact) mass is 255 g/mol. The fourth-order valence-electron chi connectivity index (χ4n) is 2.04. The first-order valence-electron chi connectivity index (χ1n) is 6.69. The van der Waals surface area contributed by atoms with Gasteiger partial charge in [-0.1, -0.05) is 44.2 Å². The van der Waals surface area contributed by atoms with Crippen molar-refractivity contribution in [3.8, 4) is 11.1 Å². The molecule has 0 spiro atoms. The van der Waals surface area contributed by atoms with E-state index in [0.717, 1.165) is 23.5 Å². The Morgan fingerprint density at radius 1 is 1.16 bits per heavy atom. The highest BCUT2D eigenvalue weighted by Gasteiger charge is 2.10. The molecule has 2 aromatic rings. The van der Waals surface area contributed by atoms with Gasteiger partial charge in [0.1, 0.15) is 5.82 Å². The van der Waals surface area contributed by atoms with Gasteiger partial charge in [-0.3, -0.25) is 0 Å². The van der Waals surface area contributed by atoms with Crippen LogP contribution in [0.5, 0.6) is 0 Å². The van der Waals surface area contributed by atoms with Crippen LogP contribution in [0.4, 0.5) is 5.82 Å². The zero-order valence-electron chi connectivity index (χ0n) is 11.6. The first-order valence-corrected chi connectivity index (χ1v) is 6.69. The van der Waals surface area contributed by atoms with E-state index in [4.69, 9.17) is 5.73 Å². The van der Waals surface area contributed by atoms with Gasteiger partial charge in [0.05, 0.1) is 0 Å². The van der Waals surface area contributed by atoms with E-state index in [1.54, 1.807) is 0 Å². The molecular formula is C16H21N3. The van der Waals surface area contributed by atoms with Crippen LogP contribution in [-0.2, 0) is 6.54 Å². The second-order valence-electron chi connectivity index (χ2n) is 5.03. The van der Waals surface area contributed by atoms with Gasteiger partial charge in [-0.05, 0) is 23.1 Å². The molecule has 0 fully saturated rings. The fraction of sp³-hybridized carbons (Fsp3) is 0.312. The van der Waals surface area contributed by atoms with Gasteiger partial charge in [-0.15, -0.1) is 0 Å². The molecule has 2 rings (SSSR count). The van der Waals surface area contributed by atoms with Gasteiger partial charge in [-0.2, -0.15) is 0 Å². The van der Waals surface area contributed by atoms with Gasteiger partial charge in [0.25, 0.3) is 0 Å². The van der Waals surface area contributed by atoms with Gasteiger partial charge in [-0.25, -0.2) is 4.98 Å². The van der Waals surface area contributed by atoms with Gasteiger partial charge in [0.2, 0.25) is 0 Å². The van der Waals surface area contributed by atoms with Crippen LogP contribution in [0.15, 0.2) is 42.6 Å². The number of pyridine rings is 1. The van der Waals surface area contributed by atoms with E-state index in [0.29, 0.717) is 12.5 Å². The first-order chi connectivity index (χ1) is 9.22. The van der Waals surface area contributed by atoms with Crippen LogP contribution in [0.25, 0.3) is 11.1 Å². The summed E-state index contributed by atoms with van der Waals surface area (Å²) in [6.07, 6.45) is 1.84. The molecule has 0 amide bonds. The number of nitrogens with two attached hydrogens (primary N) is 1. The minimum Gasteiger partial charge on any atom is -0.370 e. The molecule has 19 heavy (non-hydrogen) atoms. The molecule has 0 unspecified atom stereocenters. The molecule has 1 aromatic carbocycles. The third kappa shape index (κ3) is 3.32. The topological polar surface area (TPSA) is 50.9 Å². The lowest BCUT2D eigenvalue weighted by molar-refractivity contribution is 0.686. The summed E-state index contributed by atoms with van der Waals surface area (Å²) in [6, 6.07) is 12.3. The Hall–Kier alpha value is -1.87. The largest absolute Gasteiger partial charge is 0.370 e. The summed E-state index contributed by atoms with van der Waals surface area (Å²) in [4.78, 5) is 4.42. The van der Waals surface area contributed by atoms with E-state index in [1.807, 2.05) is 30.5 Å². The number of aromatic nitrogens is 1. The number of hydrogen-bond acceptors (Lipinski definition) is 3. The molecule has 0 aliphatic carbocycles. The van der Waals surface area contributed by atoms with Gasteiger partial charge >= 0.3 is 0 Å². The molecule has 100 valence electrons. The van der Waals surface area contributed by atoms with E-state index >= 15 is 0 Å². The molecule has 0 radical (unpaired) electrons. The zero-order chi connectivity index (χ0) is 13.7. The third-order valence-corrected chi connectivity index (χ3v) is 3.02. The quantitative estimate of drug-likeness (QED) is 0.862. The molecule has 0 aliphatic rings. The first kappa shape index (κ1) is 13.6. The minimum absolute atomic E-state index is 0.485. The lowest BCUT2D eigenvalue weighted by Crippen LogP contribution is -2.13. The van der Waals surface area contributed by atoms with Crippen LogP contribution in [0.2, 0.25) is 0 Å². The lowest BCUT2D eigenvalue weighted by Gasteiger charge is -2.15. The molecule has 0 saturated heterocycles. The smallest absolute Gasteiger partial charge is 0.131 e. The number of hydrogen-bond donors (Lipinski definition) is 2. The Kier molecular flexibility index (Phi) is 4.53. The Morgan fingerprint density at radius 2 is 1.89 bits per heavy atom. The van der Waals surface area contributed by atoms with Crippen molar-refractivity contribution in [3.05, 3.63) is 48.2 Å². The highest BCUT2D eigenvalue weighted by Crippen LogP contribution is 2.27. The molecule has 3 nitrogen and oxygen atoms in total. The van der Waals surface area contributed by atoms with Crippen LogP contribution >= 0.6 is 0 Å². The van der Waals surface area contributed by atoms with Crippen LogP contribution < -0.4 is 11.1 Å². The minimum atomic E-state index is 0.485. The van der Waals surface area contributed by atoms with Crippen LogP contribution in [0.1, 0.15) is 19.4 Å². The molecule has 1 aromatic heterocycles. The Bertz CT molecular complexity index is 521. The van der Waals surface area contributed by atoms with Crippen molar-refractivity contribution < 1.29 is 0 Å². The standard InChI is InChI=1S/C16H21N3/c1-12(2)11-19-16-15(10-17)14(8-9-18-16)13-6-4-3-5-7-13/h3-9,12H,10-11,17H2,1-2H3,(H,18,19). The second kappa shape index (κ2) is 6.34. The predicted octanol–water partition coefficient (Wildman–Crippen LogP) is 3.28. The molecule has 0 atom stereocenters. The van der Waals surface area contributed by atoms with E-state index < -0.39 is 0 Å². The zero-order valence-corrected chi connectivity index (χ0v) is 11.6. The van der Waals surface area contributed by atoms with Crippen molar-refractivity contribution in [1.29, 1.82) is 0 Å². The van der Waals surface area contributed by atoms with Crippen molar-refractivity contribution >= 4 is 5.82 Å². The second-order valence-corrected chi connectivity index (χ2v) is 5.03. The van der Waals surface area contributed by atoms with Crippen molar-refractivity contribution in [2.24, 2.45) is 11.7 Å². The Labute approximate surface area is 114 Å². The van der Waals surface area contributed by atoms with Crippen LogP contribution in [-0.4, -0.2) is 11.5 Å². The van der Waals surface area contributed by atoms with Crippen molar-refractivity contribution in [2.45, 2.75) is 20.4 Å². The van der Waals surface area contributed by atoms with Crippen molar-refractivity contribution in [3.63, 3.8) is 0 Å². The Morgan fingerprint density at radius 3 is 2.53 bits per heavy atom. The van der Waals surface area contributed by atoms with Crippen molar-refractivity contribution in [2.75, 3.05) is 11.9 Å². The van der Waals surface area contributed by atoms with Crippen molar-refractivity contribution in [1.82, 2.24) is 4.98 Å². The van der Waals surface area contributed by atoms with E-state index in [1.165, 1.54) is 5.56 Å². The molecular weight excluding hydrogens is 234 g/mol. The highest BCUT2D eigenvalue weighted by atomic mass is 15.0. The average molecular weight is 255 g/mol. The molecule has 3 N–H and O–H groups in total. The van der Waals surface area contributed by atoms with Gasteiger partial charge in [0.15, 0.2) is 0 Å². The predicted molar refractivity (Wildman–Crippen MR) is 80.9 cm³/mol. The van der Waals surface area contributed by atoms with Crippen LogP contribution in [0, 0.1) is 5.92 Å². The number of nitrogens with one attached hydrogen (secondary N) is 1. The summed E-state index contributed by atoms with van der Waals surface area (Å²) in [5.74, 6) is 1.48. The summed E-state index contributed by atoms with van der Waals surface area (Å²) in [6.45, 7) is 5.74. The lowest BCUT2D eigenvalue weighted by atomic mass is 10.0. The summed E-state index contributed by atoms with van der Waals surface area (Å²) in [7, 11) is 0. The number of nitrogens with zero attached hydrogens (tertiary/aromatic N) is 1. The fourth-order valence-corrected chi connectivity index (χ4v) is 2.04. The molecule has 0 aliphatic heterocycles. The number of rotatable bonds is 5. The van der Waals surface area contributed by atoms with Gasteiger partial charge in [0, 0.05) is 24.8 Å². The molecule has 3 heteroatoms. The van der Waals surface area contributed by atoms with E-state index in [9.17, 15) is 0 Å². The summed E-state index contributed by atoms with van der Waals surface area (Å²) < 4.78 is 0. The normalized spacial score (nSPS) is 10.7. The molecule has 0 saturated carbocycles. The van der Waals surface area contributed by atoms with Gasteiger partial charge < -0.3 is 11.1 Å². The number of anilines is 1. The third-order valence-electron chi connectivity index (χ3n) is 3.02. The average Bonchev–Trinajstić information content (AvgIpc) is 2.45. The molecule has 0 bridgehead atoms. The Balaban J connectivity index is 2.37. The highest BCUT2D eigenvalue weighted by molar-refractivity contribution is 5.71. The number of benzene rings is 1. The van der Waals surface area contributed by atoms with E-state index in [-0.39, 0.29) is 0 Å².